The van der Waals surface area contributed by atoms with E-state index in [0.717, 1.165) is 16.2 Å². The van der Waals surface area contributed by atoms with Gasteiger partial charge in [0.05, 0.1) is 11.9 Å². The average molecular weight is 310 g/mol. The Kier molecular flexibility index (Phi) is 3.66. The summed E-state index contributed by atoms with van der Waals surface area (Å²) in [5.41, 5.74) is 1.66. The summed E-state index contributed by atoms with van der Waals surface area (Å²) < 4.78 is 13.6. The second-order valence-electron chi connectivity index (χ2n) is 3.65. The monoisotopic (exact) mass is 309 g/mol. The van der Waals surface area contributed by atoms with Crippen molar-refractivity contribution >= 4 is 27.5 Å². The number of aryl methyl sites for hydroxylation is 1. The number of hydrogen-bond donors (Lipinski definition) is 1. The Morgan fingerprint density at radius 3 is 2.83 bits per heavy atom. The van der Waals surface area contributed by atoms with Crippen LogP contribution in [0.5, 0.6) is 0 Å². The van der Waals surface area contributed by atoms with Gasteiger partial charge in [-0.05, 0) is 40.5 Å². The van der Waals surface area contributed by atoms with E-state index in [1.807, 2.05) is 6.92 Å². The van der Waals surface area contributed by atoms with Crippen LogP contribution in [0.2, 0.25) is 0 Å². The molecule has 0 unspecified atom stereocenters. The van der Waals surface area contributed by atoms with Crippen LogP contribution in [0.1, 0.15) is 15.9 Å². The van der Waals surface area contributed by atoms with E-state index in [1.165, 1.54) is 18.5 Å². The zero-order valence-corrected chi connectivity index (χ0v) is 11.0. The van der Waals surface area contributed by atoms with E-state index in [0.29, 0.717) is 5.69 Å². The summed E-state index contributed by atoms with van der Waals surface area (Å²) in [6.45, 7) is 1.86. The van der Waals surface area contributed by atoms with Gasteiger partial charge in [-0.1, -0.05) is 0 Å². The molecular formula is C12H9BrFN3O. The van der Waals surface area contributed by atoms with Crippen molar-refractivity contribution in [3.8, 4) is 0 Å². The second-order valence-corrected chi connectivity index (χ2v) is 4.40. The molecule has 1 N–H and O–H groups in total. The molecule has 0 radical (unpaired) electrons. The summed E-state index contributed by atoms with van der Waals surface area (Å²) >= 11 is 3.27. The van der Waals surface area contributed by atoms with Gasteiger partial charge >= 0.3 is 0 Å². The van der Waals surface area contributed by atoms with Crippen molar-refractivity contribution in [2.45, 2.75) is 6.92 Å². The third kappa shape index (κ3) is 2.89. The van der Waals surface area contributed by atoms with Crippen LogP contribution in [0.15, 0.2) is 35.2 Å². The topological polar surface area (TPSA) is 54.9 Å². The summed E-state index contributed by atoms with van der Waals surface area (Å²) in [4.78, 5) is 19.3. The normalized spacial score (nSPS) is 10.2. The molecule has 0 aliphatic carbocycles. The molecule has 2 aromatic rings. The lowest BCUT2D eigenvalue weighted by molar-refractivity contribution is 0.102. The van der Waals surface area contributed by atoms with E-state index in [4.69, 9.17) is 0 Å². The van der Waals surface area contributed by atoms with Gasteiger partial charge in [0.25, 0.3) is 5.91 Å². The molecular weight excluding hydrogens is 301 g/mol. The molecule has 92 valence electrons. The maximum absolute atomic E-state index is 12.9. The van der Waals surface area contributed by atoms with Crippen LogP contribution < -0.4 is 5.32 Å². The van der Waals surface area contributed by atoms with E-state index < -0.39 is 11.9 Å². The number of halogens is 2. The molecule has 0 fully saturated rings. The lowest BCUT2D eigenvalue weighted by Crippen LogP contribution is -2.12. The van der Waals surface area contributed by atoms with Crippen molar-refractivity contribution in [3.05, 3.63) is 52.3 Å². The Hall–Kier alpha value is -1.82. The predicted octanol–water partition coefficient (Wildman–Crippen LogP) is 2.94. The van der Waals surface area contributed by atoms with E-state index >= 15 is 0 Å². The van der Waals surface area contributed by atoms with Gasteiger partial charge in [-0.2, -0.15) is 4.39 Å². The molecule has 6 heteroatoms. The van der Waals surface area contributed by atoms with E-state index in [1.54, 1.807) is 6.07 Å². The van der Waals surface area contributed by atoms with Crippen molar-refractivity contribution in [2.24, 2.45) is 0 Å². The fourth-order valence-electron chi connectivity index (χ4n) is 1.37. The molecule has 0 saturated carbocycles. The van der Waals surface area contributed by atoms with Crippen molar-refractivity contribution in [1.82, 2.24) is 9.97 Å². The Labute approximate surface area is 111 Å². The van der Waals surface area contributed by atoms with Gasteiger partial charge in [-0.3, -0.25) is 4.79 Å². The lowest BCUT2D eigenvalue weighted by Gasteiger charge is -2.06. The Morgan fingerprint density at radius 2 is 2.17 bits per heavy atom. The molecule has 18 heavy (non-hydrogen) atoms. The van der Waals surface area contributed by atoms with Crippen molar-refractivity contribution in [3.63, 3.8) is 0 Å². The van der Waals surface area contributed by atoms with Crippen LogP contribution >= 0.6 is 15.9 Å². The summed E-state index contributed by atoms with van der Waals surface area (Å²) in [5.74, 6) is -1.09. The largest absolute Gasteiger partial charge is 0.321 e. The van der Waals surface area contributed by atoms with E-state index in [2.05, 4.69) is 31.2 Å². The van der Waals surface area contributed by atoms with Gasteiger partial charge in [-0.15, -0.1) is 0 Å². The average Bonchev–Trinajstić information content (AvgIpc) is 2.34. The minimum Gasteiger partial charge on any atom is -0.321 e. The number of anilines is 1. The number of nitrogens with zero attached hydrogens (tertiary/aromatic N) is 2. The summed E-state index contributed by atoms with van der Waals surface area (Å²) in [5, 5.41) is 2.64. The SMILES string of the molecule is Cc1cc(NC(=O)c2ccnc(F)c2)cnc1Br. The highest BCUT2D eigenvalue weighted by atomic mass is 79.9. The van der Waals surface area contributed by atoms with Gasteiger partial charge < -0.3 is 5.32 Å². The minimum atomic E-state index is -0.687. The van der Waals surface area contributed by atoms with Crippen LogP contribution in [-0.2, 0) is 0 Å². The maximum Gasteiger partial charge on any atom is 0.255 e. The molecule has 0 aliphatic heterocycles. The van der Waals surface area contributed by atoms with Gasteiger partial charge in [0.2, 0.25) is 5.95 Å². The third-order valence-electron chi connectivity index (χ3n) is 2.26. The molecule has 0 spiro atoms. The van der Waals surface area contributed by atoms with Gasteiger partial charge in [0, 0.05) is 17.8 Å². The number of pyridine rings is 2. The molecule has 0 aliphatic rings. The number of carbonyl (C=O) groups is 1. The van der Waals surface area contributed by atoms with Crippen LogP contribution in [0, 0.1) is 12.9 Å². The van der Waals surface area contributed by atoms with E-state index in [-0.39, 0.29) is 5.56 Å². The molecule has 2 aromatic heterocycles. The van der Waals surface area contributed by atoms with Crippen LogP contribution in [-0.4, -0.2) is 15.9 Å². The zero-order chi connectivity index (χ0) is 13.1. The number of hydrogen-bond acceptors (Lipinski definition) is 3. The first kappa shape index (κ1) is 12.6. The predicted molar refractivity (Wildman–Crippen MR) is 68.8 cm³/mol. The Balaban J connectivity index is 2.18. The first-order valence-electron chi connectivity index (χ1n) is 5.11. The number of rotatable bonds is 2. The summed E-state index contributed by atoms with van der Waals surface area (Å²) in [6, 6.07) is 4.29. The van der Waals surface area contributed by atoms with Crippen molar-refractivity contribution in [2.75, 3.05) is 5.32 Å². The van der Waals surface area contributed by atoms with E-state index in [9.17, 15) is 9.18 Å². The van der Waals surface area contributed by atoms with Crippen molar-refractivity contribution in [1.29, 1.82) is 0 Å². The standard InChI is InChI=1S/C12H9BrFN3O/c1-7-4-9(6-16-11(7)13)17-12(18)8-2-3-15-10(14)5-8/h2-6H,1H3,(H,17,18). The molecule has 0 atom stereocenters. The molecule has 2 rings (SSSR count). The highest BCUT2D eigenvalue weighted by molar-refractivity contribution is 9.10. The first-order valence-corrected chi connectivity index (χ1v) is 5.90. The van der Waals surface area contributed by atoms with Gasteiger partial charge in [0.15, 0.2) is 0 Å². The number of aromatic nitrogens is 2. The fraction of sp³-hybridized carbons (Fsp3) is 0.0833. The summed E-state index contributed by atoms with van der Waals surface area (Å²) in [6.07, 6.45) is 2.77. The summed E-state index contributed by atoms with van der Waals surface area (Å²) in [7, 11) is 0. The maximum atomic E-state index is 12.9. The molecule has 1 amide bonds. The number of amides is 1. The second kappa shape index (κ2) is 5.22. The smallest absolute Gasteiger partial charge is 0.255 e. The Bertz CT molecular complexity index is 604. The molecule has 4 nitrogen and oxygen atoms in total. The van der Waals surface area contributed by atoms with Crippen LogP contribution in [0.25, 0.3) is 0 Å². The molecule has 0 saturated heterocycles. The van der Waals surface area contributed by atoms with Crippen LogP contribution in [0.4, 0.5) is 10.1 Å². The quantitative estimate of drug-likeness (QED) is 0.868. The van der Waals surface area contributed by atoms with Gasteiger partial charge in [0.1, 0.15) is 4.60 Å². The molecule has 0 aromatic carbocycles. The zero-order valence-electron chi connectivity index (χ0n) is 9.45. The highest BCUT2D eigenvalue weighted by Gasteiger charge is 2.08. The number of carbonyl (C=O) groups excluding carboxylic acids is 1. The van der Waals surface area contributed by atoms with Gasteiger partial charge in [-0.25, -0.2) is 9.97 Å². The number of nitrogens with one attached hydrogen (secondary N) is 1. The molecule has 2 heterocycles. The highest BCUT2D eigenvalue weighted by Crippen LogP contribution is 2.17. The fourth-order valence-corrected chi connectivity index (χ4v) is 1.59. The van der Waals surface area contributed by atoms with Crippen LogP contribution in [0.3, 0.4) is 0 Å². The minimum absolute atomic E-state index is 0.211. The first-order chi connectivity index (χ1) is 8.56. The lowest BCUT2D eigenvalue weighted by atomic mass is 10.2. The van der Waals surface area contributed by atoms with Crippen molar-refractivity contribution < 1.29 is 9.18 Å². The molecule has 0 bridgehead atoms. The third-order valence-corrected chi connectivity index (χ3v) is 3.09. The Morgan fingerprint density at radius 1 is 1.39 bits per heavy atom.